The van der Waals surface area contributed by atoms with Crippen LogP contribution in [0.2, 0.25) is 0 Å². The highest BCUT2D eigenvalue weighted by Gasteiger charge is 2.19. The summed E-state index contributed by atoms with van der Waals surface area (Å²) in [6, 6.07) is 10.6. The quantitative estimate of drug-likeness (QED) is 0.706. The topological polar surface area (TPSA) is 49.6 Å². The van der Waals surface area contributed by atoms with Crippen molar-refractivity contribution in [2.45, 2.75) is 13.0 Å². The Morgan fingerprint density at radius 2 is 1.68 bits per heavy atom. The Hall–Kier alpha value is -2.38. The van der Waals surface area contributed by atoms with Crippen LogP contribution in [0.15, 0.2) is 42.6 Å². The molecule has 0 atom stereocenters. The molecule has 7 heteroatoms. The lowest BCUT2D eigenvalue weighted by Crippen LogP contribution is -2.46. The van der Waals surface area contributed by atoms with E-state index in [2.05, 4.69) is 25.1 Å². The van der Waals surface area contributed by atoms with Gasteiger partial charge in [-0.1, -0.05) is 12.1 Å². The molecule has 1 aliphatic heterocycles. The molecule has 0 aliphatic carbocycles. The molecule has 4 rings (SSSR count). The molecule has 2 aromatic heterocycles. The molecule has 0 amide bonds. The molecule has 0 N–H and O–H groups in total. The van der Waals surface area contributed by atoms with E-state index in [1.54, 1.807) is 10.7 Å². The maximum atomic E-state index is 12.9. The molecule has 3 aromatic rings. The number of fused-ring (bicyclic) bond motifs is 1. The molecule has 1 aliphatic rings. The van der Waals surface area contributed by atoms with Gasteiger partial charge >= 0.3 is 0 Å². The van der Waals surface area contributed by atoms with Gasteiger partial charge in [0.05, 0.1) is 6.54 Å². The Balaban J connectivity index is 1.27. The molecule has 6 nitrogen and oxygen atoms in total. The third-order valence-corrected chi connectivity index (χ3v) is 4.70. The summed E-state index contributed by atoms with van der Waals surface area (Å²) in [4.78, 5) is 4.85. The van der Waals surface area contributed by atoms with Gasteiger partial charge in [0.25, 0.3) is 0 Å². The van der Waals surface area contributed by atoms with E-state index in [1.165, 1.54) is 17.7 Å². The zero-order valence-electron chi connectivity index (χ0n) is 14.1. The Kier molecular flexibility index (Phi) is 4.67. The Labute approximate surface area is 145 Å². The second-order valence-electron chi connectivity index (χ2n) is 6.40. The van der Waals surface area contributed by atoms with Gasteiger partial charge in [-0.05, 0) is 36.2 Å². The summed E-state index contributed by atoms with van der Waals surface area (Å²) >= 11 is 0. The van der Waals surface area contributed by atoms with Crippen LogP contribution in [0.5, 0.6) is 0 Å². The van der Waals surface area contributed by atoms with Crippen LogP contribution in [-0.2, 0) is 13.0 Å². The number of benzene rings is 1. The lowest BCUT2D eigenvalue weighted by Gasteiger charge is -2.34. The third-order valence-electron chi connectivity index (χ3n) is 4.70. The van der Waals surface area contributed by atoms with E-state index < -0.39 is 0 Å². The summed E-state index contributed by atoms with van der Waals surface area (Å²) in [6.45, 7) is 5.85. The molecule has 25 heavy (non-hydrogen) atoms. The number of halogens is 1. The van der Waals surface area contributed by atoms with Gasteiger partial charge in [-0.3, -0.25) is 4.90 Å². The van der Waals surface area contributed by atoms with Crippen molar-refractivity contribution in [2.75, 3.05) is 32.7 Å². The van der Waals surface area contributed by atoms with Crippen molar-refractivity contribution in [1.82, 2.24) is 29.6 Å². The average Bonchev–Trinajstić information content (AvgIpc) is 3.06. The highest BCUT2D eigenvalue weighted by atomic mass is 19.1. The smallest absolute Gasteiger partial charge is 0.177 e. The molecule has 1 saturated heterocycles. The van der Waals surface area contributed by atoms with Gasteiger partial charge in [0.2, 0.25) is 0 Å². The second kappa shape index (κ2) is 7.25. The molecule has 0 spiro atoms. The zero-order chi connectivity index (χ0) is 17.1. The fourth-order valence-electron chi connectivity index (χ4n) is 3.20. The van der Waals surface area contributed by atoms with Crippen LogP contribution in [0, 0.1) is 5.82 Å². The van der Waals surface area contributed by atoms with Crippen LogP contribution in [0.3, 0.4) is 0 Å². The standard InChI is InChI=1S/C18H21FN6/c19-16-5-3-15(4-6-16)7-9-23-10-12-24(13-11-23)14-18-22-21-17-2-1-8-20-25(17)18/h1-6,8H,7,9-14H2. The summed E-state index contributed by atoms with van der Waals surface area (Å²) in [7, 11) is 0. The van der Waals surface area contributed by atoms with E-state index in [-0.39, 0.29) is 5.82 Å². The van der Waals surface area contributed by atoms with Crippen molar-refractivity contribution >= 4 is 5.65 Å². The van der Waals surface area contributed by atoms with E-state index >= 15 is 0 Å². The van der Waals surface area contributed by atoms with Gasteiger partial charge in [-0.2, -0.15) is 9.61 Å². The molecular formula is C18H21FN6. The van der Waals surface area contributed by atoms with Gasteiger partial charge in [0.15, 0.2) is 11.5 Å². The van der Waals surface area contributed by atoms with Crippen molar-refractivity contribution in [3.8, 4) is 0 Å². The number of hydrogen-bond donors (Lipinski definition) is 0. The third kappa shape index (κ3) is 3.83. The molecule has 0 saturated carbocycles. The number of aromatic nitrogens is 4. The van der Waals surface area contributed by atoms with Crippen molar-refractivity contribution in [3.05, 3.63) is 59.8 Å². The van der Waals surface area contributed by atoms with Gasteiger partial charge in [-0.25, -0.2) is 4.39 Å². The summed E-state index contributed by atoms with van der Waals surface area (Å²) in [5.41, 5.74) is 1.97. The SMILES string of the molecule is Fc1ccc(CCN2CCN(Cc3nnc4cccnn34)CC2)cc1. The largest absolute Gasteiger partial charge is 0.300 e. The lowest BCUT2D eigenvalue weighted by atomic mass is 10.1. The highest BCUT2D eigenvalue weighted by Crippen LogP contribution is 2.10. The fourth-order valence-corrected chi connectivity index (χ4v) is 3.20. The summed E-state index contributed by atoms with van der Waals surface area (Å²) in [5.74, 6) is 0.711. The molecule has 0 bridgehead atoms. The lowest BCUT2D eigenvalue weighted by molar-refractivity contribution is 0.125. The minimum Gasteiger partial charge on any atom is -0.300 e. The van der Waals surface area contributed by atoms with Gasteiger partial charge in [-0.15, -0.1) is 10.2 Å². The predicted octanol–water partition coefficient (Wildman–Crippen LogP) is 1.62. The predicted molar refractivity (Wildman–Crippen MR) is 92.6 cm³/mol. The minimum absolute atomic E-state index is 0.173. The van der Waals surface area contributed by atoms with Crippen molar-refractivity contribution in [1.29, 1.82) is 0 Å². The van der Waals surface area contributed by atoms with Crippen LogP contribution in [0.1, 0.15) is 11.4 Å². The van der Waals surface area contributed by atoms with E-state index in [9.17, 15) is 4.39 Å². The van der Waals surface area contributed by atoms with Gasteiger partial charge in [0.1, 0.15) is 5.82 Å². The van der Waals surface area contributed by atoms with E-state index in [1.807, 2.05) is 24.3 Å². The average molecular weight is 340 g/mol. The van der Waals surface area contributed by atoms with Crippen LogP contribution in [0.4, 0.5) is 4.39 Å². The molecule has 130 valence electrons. The molecular weight excluding hydrogens is 319 g/mol. The first-order valence-corrected chi connectivity index (χ1v) is 8.62. The van der Waals surface area contributed by atoms with E-state index in [0.29, 0.717) is 0 Å². The van der Waals surface area contributed by atoms with Crippen molar-refractivity contribution in [2.24, 2.45) is 0 Å². The zero-order valence-corrected chi connectivity index (χ0v) is 14.1. The summed E-state index contributed by atoms with van der Waals surface area (Å²) < 4.78 is 14.8. The van der Waals surface area contributed by atoms with Crippen molar-refractivity contribution < 1.29 is 4.39 Å². The van der Waals surface area contributed by atoms with Crippen LogP contribution in [0.25, 0.3) is 5.65 Å². The first kappa shape index (κ1) is 16.1. The van der Waals surface area contributed by atoms with Gasteiger partial charge < -0.3 is 4.90 Å². The Morgan fingerprint density at radius 1 is 0.920 bits per heavy atom. The molecule has 1 fully saturated rings. The van der Waals surface area contributed by atoms with Crippen LogP contribution in [-0.4, -0.2) is 62.3 Å². The van der Waals surface area contributed by atoms with Crippen LogP contribution < -0.4 is 0 Å². The van der Waals surface area contributed by atoms with Gasteiger partial charge in [0, 0.05) is 38.9 Å². The number of nitrogens with zero attached hydrogens (tertiary/aromatic N) is 6. The normalized spacial score (nSPS) is 16.5. The monoisotopic (exact) mass is 340 g/mol. The number of rotatable bonds is 5. The molecule has 0 radical (unpaired) electrons. The molecule has 3 heterocycles. The maximum absolute atomic E-state index is 12.9. The summed E-state index contributed by atoms with van der Waals surface area (Å²) in [5, 5.41) is 12.7. The minimum atomic E-state index is -0.173. The number of piperazine rings is 1. The summed E-state index contributed by atoms with van der Waals surface area (Å²) in [6.07, 6.45) is 2.71. The fraction of sp³-hybridized carbons (Fsp3) is 0.389. The number of hydrogen-bond acceptors (Lipinski definition) is 5. The van der Waals surface area contributed by atoms with Crippen LogP contribution >= 0.6 is 0 Å². The Morgan fingerprint density at radius 3 is 2.48 bits per heavy atom. The first-order valence-electron chi connectivity index (χ1n) is 8.62. The molecule has 0 unspecified atom stereocenters. The van der Waals surface area contributed by atoms with E-state index in [0.717, 1.165) is 57.2 Å². The second-order valence-corrected chi connectivity index (χ2v) is 6.40. The highest BCUT2D eigenvalue weighted by molar-refractivity contribution is 5.34. The first-order chi connectivity index (χ1) is 12.3. The Bertz CT molecular complexity index is 823. The van der Waals surface area contributed by atoms with Crippen molar-refractivity contribution in [3.63, 3.8) is 0 Å². The molecule has 1 aromatic carbocycles. The maximum Gasteiger partial charge on any atom is 0.177 e. The van der Waals surface area contributed by atoms with E-state index in [4.69, 9.17) is 0 Å².